The van der Waals surface area contributed by atoms with Gasteiger partial charge in [-0.25, -0.2) is 0 Å². The molecule has 0 amide bonds. The highest BCUT2D eigenvalue weighted by molar-refractivity contribution is 6.09. The molecule has 0 atom stereocenters. The molecule has 0 spiro atoms. The molecule has 0 saturated carbocycles. The van der Waals surface area contributed by atoms with Crippen LogP contribution >= 0.6 is 0 Å². The van der Waals surface area contributed by atoms with Crippen molar-refractivity contribution in [2.75, 3.05) is 0 Å². The molecule has 0 bridgehead atoms. The third-order valence-electron chi connectivity index (χ3n) is 14.9. The normalized spacial score (nSPS) is 17.8. The van der Waals surface area contributed by atoms with E-state index in [-0.39, 0.29) is 60.5 Å². The monoisotopic (exact) mass is 1150 g/mol. The summed E-state index contributed by atoms with van der Waals surface area (Å²) in [7, 11) is 0. The van der Waals surface area contributed by atoms with Crippen LogP contribution in [0.25, 0.3) is 24.3 Å². The van der Waals surface area contributed by atoms with Gasteiger partial charge in [0.25, 0.3) is 0 Å². The number of hydrogen-bond acceptors (Lipinski definition) is 8. The molecule has 0 aliphatic heterocycles. The summed E-state index contributed by atoms with van der Waals surface area (Å²) in [6.07, 6.45) is 30.7. The summed E-state index contributed by atoms with van der Waals surface area (Å²) in [5.74, 6) is -0.138. The number of carbonyl (C=O) groups excluding carboxylic acids is 4. The molecule has 86 heavy (non-hydrogen) atoms. The predicted octanol–water partition coefficient (Wildman–Crippen LogP) is 18.2. The van der Waals surface area contributed by atoms with Gasteiger partial charge in [-0.1, -0.05) is 196 Å². The molecule has 8 N–H and O–H groups in total. The third kappa shape index (κ3) is 25.9. The largest absolute Gasteiger partial charge is 0.387 e. The van der Waals surface area contributed by atoms with Crippen LogP contribution in [0, 0.1) is 32.5 Å². The minimum atomic E-state index is -0.0709. The second-order valence-corrected chi connectivity index (χ2v) is 25.9. The molecule has 452 valence electrons. The Morgan fingerprint density at radius 1 is 0.407 bits per heavy atom. The second-order valence-electron chi connectivity index (χ2n) is 25.9. The summed E-state index contributed by atoms with van der Waals surface area (Å²) in [6, 6.07) is 31.5. The molecule has 0 radical (unpaired) electrons. The molecule has 8 rings (SSSR count). The lowest BCUT2D eigenvalue weighted by Crippen LogP contribution is -2.16. The van der Waals surface area contributed by atoms with Crippen molar-refractivity contribution in [3.8, 4) is 0 Å². The molecule has 10 heteroatoms. The fourth-order valence-corrected chi connectivity index (χ4v) is 11.6. The zero-order chi connectivity index (χ0) is 63.1. The van der Waals surface area contributed by atoms with Gasteiger partial charge < -0.3 is 22.3 Å². The number of nitrogens with one attached hydrogen (secondary N) is 4. The summed E-state index contributed by atoms with van der Waals surface area (Å²) in [5.41, 5.74) is 31.0. The number of benzene rings is 4. The van der Waals surface area contributed by atoms with Gasteiger partial charge in [0.2, 0.25) is 0 Å². The van der Waals surface area contributed by atoms with Gasteiger partial charge in [-0.2, -0.15) is 0 Å². The Labute approximate surface area is 513 Å². The Kier molecular flexibility index (Phi) is 26.2. The van der Waals surface area contributed by atoms with E-state index in [1.807, 2.05) is 97.1 Å². The lowest BCUT2D eigenvalue weighted by molar-refractivity contribution is -0.118. The van der Waals surface area contributed by atoms with E-state index in [1.54, 1.807) is 13.8 Å². The number of allylic oxidation sites excluding steroid dienone is 12. The van der Waals surface area contributed by atoms with Gasteiger partial charge in [0, 0.05) is 48.2 Å². The summed E-state index contributed by atoms with van der Waals surface area (Å²) < 4.78 is 0. The zero-order valence-corrected chi connectivity index (χ0v) is 53.0. The first-order valence-electron chi connectivity index (χ1n) is 30.3. The first kappa shape index (κ1) is 68.5. The first-order chi connectivity index (χ1) is 40.5. The summed E-state index contributed by atoms with van der Waals surface area (Å²) in [6.45, 7) is 21.3. The fourth-order valence-electron chi connectivity index (χ4n) is 11.6. The molecular weight excluding hydrogens is 1060 g/mol. The SMILES string of the molecule is CC(=N)CC(=O)c1ccc(/C=C2\C=C(C)CC(C)(C)C2)cc1.CC(=N)CC(=O)c1ccc(/C=C2\C=C(C)CCC2)cc1.CC1=C/C(=C/c2ccc(CC(=O)CC(=N)N)cc2)CC(C)(C)C1.CC1=C/C(=C/c2ccc(CC(=O)CC(=N)N)cc2)CCC1. The van der Waals surface area contributed by atoms with Crippen LogP contribution in [0.2, 0.25) is 0 Å². The van der Waals surface area contributed by atoms with Crippen LogP contribution < -0.4 is 11.5 Å². The molecule has 4 aliphatic rings. The van der Waals surface area contributed by atoms with Crippen molar-refractivity contribution in [1.82, 2.24) is 0 Å². The average molecular weight is 1160 g/mol. The van der Waals surface area contributed by atoms with Crippen LogP contribution in [0.15, 0.2) is 166 Å². The Balaban J connectivity index is 0.000000210. The highest BCUT2D eigenvalue weighted by atomic mass is 16.1. The van der Waals surface area contributed by atoms with Crippen LogP contribution in [0.5, 0.6) is 0 Å². The Morgan fingerprint density at radius 3 is 0.977 bits per heavy atom. The van der Waals surface area contributed by atoms with E-state index < -0.39 is 0 Å². The highest BCUT2D eigenvalue weighted by Crippen LogP contribution is 2.39. The van der Waals surface area contributed by atoms with E-state index in [0.717, 1.165) is 66.3 Å². The topological polar surface area (TPSA) is 216 Å². The minimum absolute atomic E-state index is 0.0144. The van der Waals surface area contributed by atoms with Crippen molar-refractivity contribution in [2.45, 2.75) is 172 Å². The molecule has 0 fully saturated rings. The molecule has 0 heterocycles. The van der Waals surface area contributed by atoms with E-state index in [2.05, 4.69) is 104 Å². The molecule has 10 nitrogen and oxygen atoms in total. The van der Waals surface area contributed by atoms with Gasteiger partial charge in [0.15, 0.2) is 11.6 Å². The van der Waals surface area contributed by atoms with E-state index >= 15 is 0 Å². The summed E-state index contributed by atoms with van der Waals surface area (Å²) >= 11 is 0. The maximum atomic E-state index is 11.9. The Bertz CT molecular complexity index is 3390. The van der Waals surface area contributed by atoms with Gasteiger partial charge >= 0.3 is 0 Å². The van der Waals surface area contributed by atoms with Crippen LogP contribution in [-0.2, 0) is 22.4 Å². The molecular formula is C76H94N6O4. The van der Waals surface area contributed by atoms with Crippen molar-refractivity contribution >= 4 is 70.5 Å². The number of carbonyl (C=O) groups is 4. The third-order valence-corrected chi connectivity index (χ3v) is 14.9. The minimum Gasteiger partial charge on any atom is -0.387 e. The fraction of sp³-hybridized carbons (Fsp3) is 0.368. The van der Waals surface area contributed by atoms with Crippen molar-refractivity contribution in [2.24, 2.45) is 22.3 Å². The molecule has 0 saturated heterocycles. The number of amidine groups is 2. The second kappa shape index (κ2) is 32.9. The van der Waals surface area contributed by atoms with Crippen LogP contribution in [-0.4, -0.2) is 46.2 Å². The van der Waals surface area contributed by atoms with Crippen LogP contribution in [0.3, 0.4) is 0 Å². The summed E-state index contributed by atoms with van der Waals surface area (Å²) in [5, 5.41) is 29.1. The lowest BCUT2D eigenvalue weighted by Gasteiger charge is -2.30. The average Bonchev–Trinajstić information content (AvgIpc) is 2.67. The molecule has 0 unspecified atom stereocenters. The van der Waals surface area contributed by atoms with E-state index in [1.165, 1.54) is 75.8 Å². The van der Waals surface area contributed by atoms with Gasteiger partial charge in [-0.05, 0) is 172 Å². The van der Waals surface area contributed by atoms with Crippen LogP contribution in [0.4, 0.5) is 0 Å². The van der Waals surface area contributed by atoms with Gasteiger partial charge in [-0.15, -0.1) is 0 Å². The predicted molar refractivity (Wildman–Crippen MR) is 362 cm³/mol. The van der Waals surface area contributed by atoms with E-state index in [9.17, 15) is 19.2 Å². The molecule has 4 aromatic rings. The lowest BCUT2D eigenvalue weighted by atomic mass is 9.75. The number of Topliss-reactive ketones (excluding diaryl/α,β-unsaturated/α-hetero) is 4. The van der Waals surface area contributed by atoms with Crippen molar-refractivity contribution in [3.05, 3.63) is 210 Å². The smallest absolute Gasteiger partial charge is 0.168 e. The van der Waals surface area contributed by atoms with Crippen molar-refractivity contribution in [1.29, 1.82) is 21.6 Å². The standard InChI is InChI=1S/C20H26N2O.C20H25NO.C18H22N2O.C18H21NO/c1-14-8-17(13-20(2,3)12-14)9-15-4-6-16(7-5-15)10-18(23)11-19(21)22;1-14-9-17(13-20(3,4)12-14)11-16-5-7-18(8-6-16)19(22)10-15(2)21;1-13-3-2-4-16(9-13)10-14-5-7-15(8-6-14)11-17(21)12-18(19)20;1-13-4-3-5-16(10-13)12-15-6-8-17(9-7-15)18(20)11-14(2)19/h4-9H,10-13H2,1-3H3,(H3,21,22);5-9,11,21H,10,12-13H2,1-4H3;5-10H,2-4,11-12H2,1H3,(H3,19,20);6-10,12,19H,3-5,11H2,1-2H3/b17-9-;17-11+,21-15?;16-10+;16-12-,19-14?. The molecule has 0 aromatic heterocycles. The maximum absolute atomic E-state index is 11.9. The number of rotatable bonds is 18. The Morgan fingerprint density at radius 2 is 0.698 bits per heavy atom. The van der Waals surface area contributed by atoms with Crippen molar-refractivity contribution < 1.29 is 19.2 Å². The number of hydrogen-bond donors (Lipinski definition) is 6. The Hall–Kier alpha value is -8.24. The maximum Gasteiger partial charge on any atom is 0.168 e. The van der Waals surface area contributed by atoms with Crippen LogP contribution in [0.1, 0.15) is 213 Å². The molecule has 4 aliphatic carbocycles. The van der Waals surface area contributed by atoms with Gasteiger partial charge in [0.1, 0.15) is 11.6 Å². The van der Waals surface area contributed by atoms with Crippen molar-refractivity contribution in [3.63, 3.8) is 0 Å². The molecule has 4 aromatic carbocycles. The van der Waals surface area contributed by atoms with E-state index in [4.69, 9.17) is 33.1 Å². The van der Waals surface area contributed by atoms with Gasteiger partial charge in [0.05, 0.1) is 24.5 Å². The summed E-state index contributed by atoms with van der Waals surface area (Å²) in [4.78, 5) is 47.1. The highest BCUT2D eigenvalue weighted by Gasteiger charge is 2.25. The number of ketones is 4. The quantitative estimate of drug-likeness (QED) is 0.0323. The zero-order valence-electron chi connectivity index (χ0n) is 53.0. The van der Waals surface area contributed by atoms with Gasteiger partial charge in [-0.3, -0.25) is 30.0 Å². The number of nitrogens with two attached hydrogens (primary N) is 2. The first-order valence-corrected chi connectivity index (χ1v) is 30.3. The van der Waals surface area contributed by atoms with E-state index in [0.29, 0.717) is 46.2 Å².